The molecule has 0 bridgehead atoms. The van der Waals surface area contributed by atoms with Crippen molar-refractivity contribution in [1.82, 2.24) is 15.5 Å². The van der Waals surface area contributed by atoms with Gasteiger partial charge in [-0.05, 0) is 12.8 Å². The van der Waals surface area contributed by atoms with E-state index < -0.39 is 0 Å². The normalized spacial score (nSPS) is 17.3. The van der Waals surface area contributed by atoms with Gasteiger partial charge in [0.2, 0.25) is 5.13 Å². The molecule has 2 amide bonds. The molecular formula is C9H14N4OS. The fraction of sp³-hybridized carbons (Fsp3) is 0.667. The lowest BCUT2D eigenvalue weighted by atomic mass is 9.96. The third kappa shape index (κ3) is 3.16. The van der Waals surface area contributed by atoms with Gasteiger partial charge in [-0.1, -0.05) is 30.6 Å². The van der Waals surface area contributed by atoms with E-state index in [1.54, 1.807) is 5.51 Å². The Balaban J connectivity index is 1.76. The zero-order valence-electron chi connectivity index (χ0n) is 8.40. The summed E-state index contributed by atoms with van der Waals surface area (Å²) in [5.74, 6) is 0. The molecule has 1 aliphatic carbocycles. The predicted molar refractivity (Wildman–Crippen MR) is 58.9 cm³/mol. The fourth-order valence-electron chi connectivity index (χ4n) is 1.79. The standard InChI is InChI=1S/C9H14N4OS/c14-8(12-9-13-10-6-15-9)11-7-4-2-1-3-5-7/h6-7H,1-5H2,(H2,11,12,13,14). The molecule has 0 aliphatic heterocycles. The lowest BCUT2D eigenvalue weighted by Crippen LogP contribution is -2.38. The number of rotatable bonds is 2. The molecule has 0 spiro atoms. The maximum Gasteiger partial charge on any atom is 0.321 e. The molecule has 1 saturated carbocycles. The van der Waals surface area contributed by atoms with E-state index in [1.807, 2.05) is 0 Å². The van der Waals surface area contributed by atoms with Crippen molar-refractivity contribution in [2.45, 2.75) is 38.1 Å². The van der Waals surface area contributed by atoms with Gasteiger partial charge in [0.15, 0.2) is 0 Å². The zero-order valence-corrected chi connectivity index (χ0v) is 9.22. The number of carbonyl (C=O) groups excluding carboxylic acids is 1. The number of hydrogen-bond acceptors (Lipinski definition) is 4. The molecule has 15 heavy (non-hydrogen) atoms. The summed E-state index contributed by atoms with van der Waals surface area (Å²) in [5.41, 5.74) is 1.59. The fourth-order valence-corrected chi connectivity index (χ4v) is 2.23. The lowest BCUT2D eigenvalue weighted by molar-refractivity contribution is 0.244. The molecule has 1 fully saturated rings. The van der Waals surface area contributed by atoms with Gasteiger partial charge in [-0.2, -0.15) is 0 Å². The van der Waals surface area contributed by atoms with Gasteiger partial charge in [0.05, 0.1) is 0 Å². The summed E-state index contributed by atoms with van der Waals surface area (Å²) >= 11 is 1.32. The number of aromatic nitrogens is 2. The molecule has 82 valence electrons. The molecular weight excluding hydrogens is 212 g/mol. The average molecular weight is 226 g/mol. The van der Waals surface area contributed by atoms with Crippen molar-refractivity contribution in [2.75, 3.05) is 5.32 Å². The Labute approximate surface area is 92.3 Å². The monoisotopic (exact) mass is 226 g/mol. The van der Waals surface area contributed by atoms with Crippen LogP contribution in [0.1, 0.15) is 32.1 Å². The van der Waals surface area contributed by atoms with E-state index in [2.05, 4.69) is 20.8 Å². The van der Waals surface area contributed by atoms with E-state index in [0.29, 0.717) is 11.2 Å². The summed E-state index contributed by atoms with van der Waals surface area (Å²) in [4.78, 5) is 11.5. The van der Waals surface area contributed by atoms with Crippen LogP contribution in [0.25, 0.3) is 0 Å². The minimum Gasteiger partial charge on any atom is -0.335 e. The molecule has 0 aromatic carbocycles. The minimum atomic E-state index is -0.168. The summed E-state index contributed by atoms with van der Waals surface area (Å²) in [5, 5.41) is 13.5. The Hall–Kier alpha value is -1.17. The van der Waals surface area contributed by atoms with Crippen LogP contribution in [0.5, 0.6) is 0 Å². The highest BCUT2D eigenvalue weighted by Gasteiger charge is 2.15. The van der Waals surface area contributed by atoms with E-state index in [0.717, 1.165) is 12.8 Å². The first-order chi connectivity index (χ1) is 7.34. The Morgan fingerprint density at radius 3 is 2.87 bits per heavy atom. The van der Waals surface area contributed by atoms with Crippen LogP contribution >= 0.6 is 11.3 Å². The van der Waals surface area contributed by atoms with E-state index in [-0.39, 0.29) is 6.03 Å². The molecule has 5 nitrogen and oxygen atoms in total. The highest BCUT2D eigenvalue weighted by Crippen LogP contribution is 2.17. The molecule has 1 aliphatic rings. The van der Waals surface area contributed by atoms with Gasteiger partial charge in [-0.25, -0.2) is 4.79 Å². The van der Waals surface area contributed by atoms with Crippen LogP contribution in [0.15, 0.2) is 5.51 Å². The van der Waals surface area contributed by atoms with Crippen molar-refractivity contribution in [3.63, 3.8) is 0 Å². The van der Waals surface area contributed by atoms with Crippen LogP contribution in [0.2, 0.25) is 0 Å². The molecule has 0 unspecified atom stereocenters. The molecule has 0 atom stereocenters. The third-order valence-electron chi connectivity index (χ3n) is 2.52. The first-order valence-corrected chi connectivity index (χ1v) is 6.06. The Bertz CT molecular complexity index is 308. The molecule has 2 N–H and O–H groups in total. The van der Waals surface area contributed by atoms with Crippen LogP contribution in [-0.4, -0.2) is 22.3 Å². The van der Waals surface area contributed by atoms with Gasteiger partial charge >= 0.3 is 6.03 Å². The van der Waals surface area contributed by atoms with Crippen LogP contribution in [0.3, 0.4) is 0 Å². The Kier molecular flexibility index (Phi) is 3.49. The number of carbonyl (C=O) groups is 1. The number of nitrogens with one attached hydrogen (secondary N) is 2. The van der Waals surface area contributed by atoms with Crippen molar-refractivity contribution >= 4 is 22.5 Å². The van der Waals surface area contributed by atoms with Crippen LogP contribution < -0.4 is 10.6 Å². The molecule has 1 aromatic rings. The Morgan fingerprint density at radius 1 is 1.40 bits per heavy atom. The molecule has 2 rings (SSSR count). The summed E-state index contributed by atoms with van der Waals surface area (Å²) in [6.45, 7) is 0. The highest BCUT2D eigenvalue weighted by atomic mass is 32.1. The predicted octanol–water partition coefficient (Wildman–Crippen LogP) is 1.99. The number of urea groups is 1. The maximum absolute atomic E-state index is 11.5. The van der Waals surface area contributed by atoms with E-state index >= 15 is 0 Å². The smallest absolute Gasteiger partial charge is 0.321 e. The number of hydrogen-bond donors (Lipinski definition) is 2. The summed E-state index contributed by atoms with van der Waals surface area (Å²) in [7, 11) is 0. The second-order valence-electron chi connectivity index (χ2n) is 3.68. The molecule has 6 heteroatoms. The summed E-state index contributed by atoms with van der Waals surface area (Å²) in [6.07, 6.45) is 5.89. The topological polar surface area (TPSA) is 66.9 Å². The SMILES string of the molecule is O=C(Nc1nncs1)NC1CCCCC1. The van der Waals surface area contributed by atoms with Crippen LogP contribution in [-0.2, 0) is 0 Å². The van der Waals surface area contributed by atoms with E-state index in [4.69, 9.17) is 0 Å². The number of nitrogens with zero attached hydrogens (tertiary/aromatic N) is 2. The van der Waals surface area contributed by atoms with E-state index in [9.17, 15) is 4.79 Å². The van der Waals surface area contributed by atoms with Gasteiger partial charge in [0, 0.05) is 6.04 Å². The van der Waals surface area contributed by atoms with Gasteiger partial charge in [0.1, 0.15) is 5.51 Å². The number of amides is 2. The van der Waals surface area contributed by atoms with Crippen molar-refractivity contribution in [3.05, 3.63) is 5.51 Å². The second kappa shape index (κ2) is 5.06. The summed E-state index contributed by atoms with van der Waals surface area (Å²) < 4.78 is 0. The summed E-state index contributed by atoms with van der Waals surface area (Å²) in [6, 6.07) is 0.158. The maximum atomic E-state index is 11.5. The van der Waals surface area contributed by atoms with Gasteiger partial charge in [-0.3, -0.25) is 5.32 Å². The minimum absolute atomic E-state index is 0.168. The second-order valence-corrected chi connectivity index (χ2v) is 4.51. The molecule has 0 saturated heterocycles. The average Bonchev–Trinajstić information content (AvgIpc) is 2.71. The van der Waals surface area contributed by atoms with Crippen LogP contribution in [0, 0.1) is 0 Å². The third-order valence-corrected chi connectivity index (χ3v) is 3.13. The largest absolute Gasteiger partial charge is 0.335 e. The van der Waals surface area contributed by atoms with Crippen LogP contribution in [0.4, 0.5) is 9.93 Å². The van der Waals surface area contributed by atoms with Crippen molar-refractivity contribution in [1.29, 1.82) is 0 Å². The highest BCUT2D eigenvalue weighted by molar-refractivity contribution is 7.13. The van der Waals surface area contributed by atoms with Crippen molar-refractivity contribution in [3.8, 4) is 0 Å². The lowest BCUT2D eigenvalue weighted by Gasteiger charge is -2.22. The van der Waals surface area contributed by atoms with Crippen molar-refractivity contribution < 1.29 is 4.79 Å². The molecule has 1 heterocycles. The van der Waals surface area contributed by atoms with E-state index in [1.165, 1.54) is 30.6 Å². The molecule has 1 aromatic heterocycles. The van der Waals surface area contributed by atoms with Crippen molar-refractivity contribution in [2.24, 2.45) is 0 Å². The zero-order chi connectivity index (χ0) is 10.5. The quantitative estimate of drug-likeness (QED) is 0.810. The van der Waals surface area contributed by atoms with Gasteiger partial charge in [0.25, 0.3) is 0 Å². The first-order valence-electron chi connectivity index (χ1n) is 5.18. The van der Waals surface area contributed by atoms with Gasteiger partial charge < -0.3 is 5.32 Å². The number of anilines is 1. The molecule has 0 radical (unpaired) electrons. The Morgan fingerprint density at radius 2 is 2.20 bits per heavy atom. The van der Waals surface area contributed by atoms with Gasteiger partial charge in [-0.15, -0.1) is 10.2 Å². The first kappa shape index (κ1) is 10.4.